The molecule has 84 valence electrons. The van der Waals surface area contributed by atoms with E-state index in [1.165, 1.54) is 18.2 Å². The largest absolute Gasteiger partial charge is 0.298 e. The Bertz CT molecular complexity index is 565. The van der Waals surface area contributed by atoms with Crippen LogP contribution in [0.4, 0.5) is 5.69 Å². The lowest BCUT2D eigenvalue weighted by Crippen LogP contribution is -1.94. The molecule has 17 heavy (non-hydrogen) atoms. The van der Waals surface area contributed by atoms with E-state index in [4.69, 9.17) is 5.53 Å². The van der Waals surface area contributed by atoms with Crippen LogP contribution in [0.15, 0.2) is 23.3 Å². The number of aldehydes is 1. The maximum Gasteiger partial charge on any atom is 0.279 e. The zero-order valence-corrected chi connectivity index (χ0v) is 8.53. The Labute approximate surface area is 95.8 Å². The van der Waals surface area contributed by atoms with Gasteiger partial charge in [0.05, 0.1) is 17.0 Å². The first kappa shape index (κ1) is 12.2. The minimum Gasteiger partial charge on any atom is -0.298 e. The number of carbonyl (C=O) groups is 1. The van der Waals surface area contributed by atoms with Crippen molar-refractivity contribution in [1.29, 1.82) is 0 Å². The second-order valence-corrected chi connectivity index (χ2v) is 2.84. The maximum absolute atomic E-state index is 10.6. The molecule has 7 heteroatoms. The average molecular weight is 230 g/mol. The smallest absolute Gasteiger partial charge is 0.279 e. The lowest BCUT2D eigenvalue weighted by atomic mass is 10.1. The van der Waals surface area contributed by atoms with Crippen LogP contribution >= 0.6 is 0 Å². The Morgan fingerprint density at radius 3 is 2.94 bits per heavy atom. The number of rotatable bonds is 3. The van der Waals surface area contributed by atoms with E-state index in [-0.39, 0.29) is 17.8 Å². The van der Waals surface area contributed by atoms with Crippen LogP contribution in [0.5, 0.6) is 0 Å². The van der Waals surface area contributed by atoms with Gasteiger partial charge in [0.1, 0.15) is 0 Å². The highest BCUT2D eigenvalue weighted by molar-refractivity contribution is 5.82. The molecule has 1 rings (SSSR count). The highest BCUT2D eigenvalue weighted by atomic mass is 16.6. The zero-order chi connectivity index (χ0) is 12.7. The van der Waals surface area contributed by atoms with Crippen molar-refractivity contribution in [1.82, 2.24) is 0 Å². The minimum absolute atomic E-state index is 0.00388. The predicted molar refractivity (Wildman–Crippen MR) is 59.4 cm³/mol. The highest BCUT2D eigenvalue weighted by Crippen LogP contribution is 2.17. The van der Waals surface area contributed by atoms with E-state index in [1.807, 2.05) is 0 Å². The van der Waals surface area contributed by atoms with E-state index in [9.17, 15) is 14.9 Å². The summed E-state index contributed by atoms with van der Waals surface area (Å²) in [5.74, 6) is 5.17. The molecule has 0 radical (unpaired) electrons. The summed E-state index contributed by atoms with van der Waals surface area (Å²) in [6, 6.07) is 3.95. The SMILES string of the molecule is [N-]=[N+]=NCC#Cc1ccc([N+](=O)[O-])c(C=O)c1. The molecule has 0 aliphatic carbocycles. The quantitative estimate of drug-likeness (QED) is 0.151. The van der Waals surface area contributed by atoms with Gasteiger partial charge in [-0.3, -0.25) is 14.9 Å². The number of hydrogen-bond donors (Lipinski definition) is 0. The van der Waals surface area contributed by atoms with Crippen LogP contribution < -0.4 is 0 Å². The van der Waals surface area contributed by atoms with Crippen LogP contribution in [0.2, 0.25) is 0 Å². The fraction of sp³-hybridized carbons (Fsp3) is 0.100. The zero-order valence-electron chi connectivity index (χ0n) is 8.53. The Hall–Kier alpha value is -2.84. The molecule has 0 aromatic heterocycles. The lowest BCUT2D eigenvalue weighted by molar-refractivity contribution is -0.385. The number of nitrogens with zero attached hydrogens (tertiary/aromatic N) is 4. The van der Waals surface area contributed by atoms with E-state index in [0.717, 1.165) is 0 Å². The number of carbonyl (C=O) groups excluding carboxylic acids is 1. The van der Waals surface area contributed by atoms with Crippen LogP contribution in [0, 0.1) is 22.0 Å². The van der Waals surface area contributed by atoms with Gasteiger partial charge >= 0.3 is 0 Å². The molecule has 0 spiro atoms. The van der Waals surface area contributed by atoms with Gasteiger partial charge in [0.25, 0.3) is 5.69 Å². The molecule has 0 aliphatic rings. The summed E-state index contributed by atoms with van der Waals surface area (Å²) >= 11 is 0. The Balaban J connectivity index is 3.04. The number of nitro benzene ring substituents is 1. The van der Waals surface area contributed by atoms with Crippen molar-refractivity contribution < 1.29 is 9.72 Å². The van der Waals surface area contributed by atoms with Gasteiger partial charge in [0, 0.05) is 16.5 Å². The molecule has 0 bridgehead atoms. The van der Waals surface area contributed by atoms with Gasteiger partial charge in [0.2, 0.25) is 0 Å². The fourth-order valence-corrected chi connectivity index (χ4v) is 1.10. The summed E-state index contributed by atoms with van der Waals surface area (Å²) in [6.45, 7) is 0.00388. The van der Waals surface area contributed by atoms with Gasteiger partial charge in [-0.05, 0) is 17.7 Å². The number of azide groups is 1. The van der Waals surface area contributed by atoms with Crippen molar-refractivity contribution >= 4 is 12.0 Å². The molecule has 0 heterocycles. The summed E-state index contributed by atoms with van der Waals surface area (Å²) in [5.41, 5.74) is 8.16. The predicted octanol–water partition coefficient (Wildman–Crippen LogP) is 2.07. The Morgan fingerprint density at radius 2 is 2.35 bits per heavy atom. The monoisotopic (exact) mass is 230 g/mol. The first-order chi connectivity index (χ1) is 8.19. The van der Waals surface area contributed by atoms with Crippen LogP contribution in [0.25, 0.3) is 10.4 Å². The average Bonchev–Trinajstić information content (AvgIpc) is 2.34. The number of nitro groups is 1. The van der Waals surface area contributed by atoms with E-state index in [2.05, 4.69) is 21.9 Å². The van der Waals surface area contributed by atoms with Gasteiger partial charge in [-0.1, -0.05) is 17.0 Å². The van der Waals surface area contributed by atoms with Crippen molar-refractivity contribution in [3.8, 4) is 11.8 Å². The molecule has 0 saturated carbocycles. The molecular weight excluding hydrogens is 224 g/mol. The first-order valence-corrected chi connectivity index (χ1v) is 4.42. The van der Waals surface area contributed by atoms with Crippen molar-refractivity contribution in [3.05, 3.63) is 49.9 Å². The van der Waals surface area contributed by atoms with Crippen LogP contribution in [0.1, 0.15) is 15.9 Å². The van der Waals surface area contributed by atoms with E-state index in [0.29, 0.717) is 11.8 Å². The van der Waals surface area contributed by atoms with Crippen LogP contribution in [-0.4, -0.2) is 17.8 Å². The van der Waals surface area contributed by atoms with Crippen molar-refractivity contribution in [2.45, 2.75) is 0 Å². The topological polar surface area (TPSA) is 109 Å². The van der Waals surface area contributed by atoms with E-state index in [1.54, 1.807) is 0 Å². The third kappa shape index (κ3) is 3.34. The molecule has 0 unspecified atom stereocenters. The van der Waals surface area contributed by atoms with E-state index < -0.39 is 4.92 Å². The van der Waals surface area contributed by atoms with Gasteiger partial charge < -0.3 is 0 Å². The second kappa shape index (κ2) is 5.90. The minimum atomic E-state index is -0.638. The first-order valence-electron chi connectivity index (χ1n) is 4.42. The molecule has 0 aliphatic heterocycles. The summed E-state index contributed by atoms with van der Waals surface area (Å²) < 4.78 is 0. The fourth-order valence-electron chi connectivity index (χ4n) is 1.10. The Morgan fingerprint density at radius 1 is 1.59 bits per heavy atom. The molecule has 1 aromatic carbocycles. The van der Waals surface area contributed by atoms with Crippen LogP contribution in [0.3, 0.4) is 0 Å². The van der Waals surface area contributed by atoms with Crippen molar-refractivity contribution in [2.75, 3.05) is 6.54 Å². The molecular formula is C10H6N4O3. The third-order valence-corrected chi connectivity index (χ3v) is 1.80. The van der Waals surface area contributed by atoms with E-state index >= 15 is 0 Å². The van der Waals surface area contributed by atoms with Crippen molar-refractivity contribution in [2.24, 2.45) is 5.11 Å². The normalized spacial score (nSPS) is 8.47. The standard InChI is InChI=1S/C10H6N4O3/c11-13-12-5-1-2-8-3-4-10(14(16)17)9(6-8)7-15/h3-4,6-7H,5H2. The van der Waals surface area contributed by atoms with Gasteiger partial charge in [-0.15, -0.1) is 0 Å². The highest BCUT2D eigenvalue weighted by Gasteiger charge is 2.12. The summed E-state index contributed by atoms with van der Waals surface area (Å²) in [4.78, 5) is 23.1. The third-order valence-electron chi connectivity index (χ3n) is 1.80. The van der Waals surface area contributed by atoms with Gasteiger partial charge in [-0.2, -0.15) is 0 Å². The second-order valence-electron chi connectivity index (χ2n) is 2.84. The van der Waals surface area contributed by atoms with Crippen LogP contribution in [-0.2, 0) is 0 Å². The summed E-state index contributed by atoms with van der Waals surface area (Å²) in [7, 11) is 0. The van der Waals surface area contributed by atoms with Crippen molar-refractivity contribution in [3.63, 3.8) is 0 Å². The number of hydrogen-bond acceptors (Lipinski definition) is 4. The molecule has 1 aromatic rings. The molecule has 0 saturated heterocycles. The van der Waals surface area contributed by atoms with Gasteiger partial charge in [-0.25, -0.2) is 0 Å². The lowest BCUT2D eigenvalue weighted by Gasteiger charge is -1.95. The van der Waals surface area contributed by atoms with Gasteiger partial charge in [0.15, 0.2) is 6.29 Å². The summed E-state index contributed by atoms with van der Waals surface area (Å²) in [6.07, 6.45) is 0.400. The molecule has 0 fully saturated rings. The number of benzene rings is 1. The maximum atomic E-state index is 10.6. The molecule has 0 amide bonds. The summed E-state index contributed by atoms with van der Waals surface area (Å²) in [5, 5.41) is 13.8. The Kier molecular flexibility index (Phi) is 4.25. The molecule has 0 atom stereocenters. The molecule has 7 nitrogen and oxygen atoms in total. The molecule has 0 N–H and O–H groups in total.